The number of amides is 1. The smallest absolute Gasteiger partial charge is 0.337 e. The molecule has 0 aliphatic rings. The first-order valence-electron chi connectivity index (χ1n) is 8.08. The maximum Gasteiger partial charge on any atom is 0.337 e. The van der Waals surface area contributed by atoms with Crippen LogP contribution in [0.4, 0.5) is 5.69 Å². The molecule has 1 amide bonds. The van der Waals surface area contributed by atoms with Crippen molar-refractivity contribution in [2.45, 2.75) is 31.2 Å². The van der Waals surface area contributed by atoms with Crippen molar-refractivity contribution in [3.05, 3.63) is 47.4 Å². The summed E-state index contributed by atoms with van der Waals surface area (Å²) in [6, 6.07) is 5.89. The molecular formula is C18H18N4O3S. The number of hydrogen-bond acceptors (Lipinski definition) is 6. The molecule has 0 atom stereocenters. The van der Waals surface area contributed by atoms with Gasteiger partial charge >= 0.3 is 5.97 Å². The summed E-state index contributed by atoms with van der Waals surface area (Å²) in [4.78, 5) is 31.9. The van der Waals surface area contributed by atoms with Crippen LogP contribution in [-0.2, 0) is 0 Å². The predicted molar refractivity (Wildman–Crippen MR) is 98.4 cm³/mol. The highest BCUT2D eigenvalue weighted by molar-refractivity contribution is 7.99. The highest BCUT2D eigenvalue weighted by atomic mass is 32.2. The van der Waals surface area contributed by atoms with E-state index in [1.165, 1.54) is 30.6 Å². The topological polar surface area (TPSA) is 116 Å². The lowest BCUT2D eigenvalue weighted by Gasteiger charge is -2.08. The number of nitrogens with zero attached hydrogens (tertiary/aromatic N) is 3. The van der Waals surface area contributed by atoms with E-state index in [1.807, 2.05) is 6.07 Å². The van der Waals surface area contributed by atoms with E-state index in [-0.39, 0.29) is 22.5 Å². The van der Waals surface area contributed by atoms with Crippen LogP contribution in [0, 0.1) is 11.3 Å². The van der Waals surface area contributed by atoms with Crippen molar-refractivity contribution in [3.8, 4) is 6.07 Å². The Morgan fingerprint density at radius 3 is 2.69 bits per heavy atom. The van der Waals surface area contributed by atoms with E-state index < -0.39 is 11.9 Å². The van der Waals surface area contributed by atoms with Gasteiger partial charge in [-0.3, -0.25) is 4.79 Å². The third-order valence-corrected chi connectivity index (χ3v) is 4.49. The molecular weight excluding hydrogens is 352 g/mol. The minimum Gasteiger partial charge on any atom is -0.478 e. The Hall–Kier alpha value is -2.92. The van der Waals surface area contributed by atoms with Gasteiger partial charge in [0.15, 0.2) is 0 Å². The maximum atomic E-state index is 12.3. The molecule has 0 radical (unpaired) electrons. The second kappa shape index (κ2) is 9.53. The van der Waals surface area contributed by atoms with Gasteiger partial charge in [-0.25, -0.2) is 14.8 Å². The SMILES string of the molecule is CCCCCSc1cnc(C(=O)Nc2ccc(C#N)cc2C(=O)O)cn1. The van der Waals surface area contributed by atoms with Gasteiger partial charge in [-0.05, 0) is 30.4 Å². The van der Waals surface area contributed by atoms with E-state index in [0.717, 1.165) is 30.0 Å². The van der Waals surface area contributed by atoms with Gasteiger partial charge in [0.05, 0.1) is 35.3 Å². The number of aromatic nitrogens is 2. The van der Waals surface area contributed by atoms with E-state index in [9.17, 15) is 14.7 Å². The predicted octanol–water partition coefficient (Wildman–Crippen LogP) is 3.58. The molecule has 2 rings (SSSR count). The number of carboxylic acid groups (broad SMARTS) is 1. The number of nitrogens with one attached hydrogen (secondary N) is 1. The average molecular weight is 370 g/mol. The monoisotopic (exact) mass is 370 g/mol. The first-order valence-corrected chi connectivity index (χ1v) is 9.07. The summed E-state index contributed by atoms with van der Waals surface area (Å²) in [6.45, 7) is 2.14. The number of anilines is 1. The number of carbonyl (C=O) groups excluding carboxylic acids is 1. The zero-order valence-corrected chi connectivity index (χ0v) is 15.0. The van der Waals surface area contributed by atoms with E-state index in [0.29, 0.717) is 0 Å². The fourth-order valence-electron chi connectivity index (χ4n) is 2.12. The second-order valence-corrected chi connectivity index (χ2v) is 6.54. The molecule has 2 aromatic rings. The summed E-state index contributed by atoms with van der Waals surface area (Å²) in [5.41, 5.74) is 0.225. The molecule has 0 aliphatic heterocycles. The number of hydrogen-bond donors (Lipinski definition) is 2. The van der Waals surface area contributed by atoms with E-state index in [2.05, 4.69) is 22.2 Å². The number of carboxylic acids is 1. The lowest BCUT2D eigenvalue weighted by atomic mass is 10.1. The summed E-state index contributed by atoms with van der Waals surface area (Å²) in [6.07, 6.45) is 6.31. The van der Waals surface area contributed by atoms with Crippen molar-refractivity contribution >= 4 is 29.3 Å². The standard InChI is InChI=1S/C18H18N4O3S/c1-2-3-4-7-26-16-11-20-15(10-21-16)17(23)22-14-6-5-12(9-19)8-13(14)18(24)25/h5-6,8,10-11H,2-4,7H2,1H3,(H,22,23)(H,24,25). The van der Waals surface area contributed by atoms with E-state index in [4.69, 9.17) is 5.26 Å². The van der Waals surface area contributed by atoms with Crippen molar-refractivity contribution in [1.82, 2.24) is 9.97 Å². The molecule has 1 heterocycles. The van der Waals surface area contributed by atoms with Crippen LogP contribution in [0.15, 0.2) is 35.6 Å². The molecule has 7 nitrogen and oxygen atoms in total. The van der Waals surface area contributed by atoms with Crippen LogP contribution in [0.1, 0.15) is 52.6 Å². The highest BCUT2D eigenvalue weighted by Crippen LogP contribution is 2.19. The Kier molecular flexibility index (Phi) is 7.12. The third-order valence-electron chi connectivity index (χ3n) is 3.49. The van der Waals surface area contributed by atoms with Crippen molar-refractivity contribution in [2.75, 3.05) is 11.1 Å². The summed E-state index contributed by atoms with van der Waals surface area (Å²) in [5, 5.41) is 21.3. The van der Waals surface area contributed by atoms with Gasteiger partial charge in [-0.1, -0.05) is 19.8 Å². The molecule has 0 saturated heterocycles. The molecule has 134 valence electrons. The summed E-state index contributed by atoms with van der Waals surface area (Å²) >= 11 is 1.58. The summed E-state index contributed by atoms with van der Waals surface area (Å²) < 4.78 is 0. The number of benzene rings is 1. The Balaban J connectivity index is 2.06. The molecule has 0 unspecified atom stereocenters. The lowest BCUT2D eigenvalue weighted by Crippen LogP contribution is -2.16. The molecule has 0 saturated carbocycles. The molecule has 0 aliphatic carbocycles. The van der Waals surface area contributed by atoms with Crippen LogP contribution < -0.4 is 5.32 Å². The molecule has 0 bridgehead atoms. The molecule has 0 spiro atoms. The van der Waals surface area contributed by atoms with Gasteiger partial charge in [-0.15, -0.1) is 11.8 Å². The molecule has 8 heteroatoms. The molecule has 1 aromatic carbocycles. The van der Waals surface area contributed by atoms with Crippen LogP contribution in [-0.4, -0.2) is 32.7 Å². The van der Waals surface area contributed by atoms with Crippen molar-refractivity contribution in [2.24, 2.45) is 0 Å². The number of unbranched alkanes of at least 4 members (excludes halogenated alkanes) is 2. The van der Waals surface area contributed by atoms with Gasteiger partial charge in [-0.2, -0.15) is 5.26 Å². The number of rotatable bonds is 8. The quantitative estimate of drug-likeness (QED) is 0.539. The molecule has 1 aromatic heterocycles. The second-order valence-electron chi connectivity index (χ2n) is 5.43. The van der Waals surface area contributed by atoms with Gasteiger partial charge in [0, 0.05) is 0 Å². The zero-order chi connectivity index (χ0) is 18.9. The Morgan fingerprint density at radius 1 is 1.27 bits per heavy atom. The average Bonchev–Trinajstić information content (AvgIpc) is 2.65. The minimum atomic E-state index is -1.23. The van der Waals surface area contributed by atoms with Crippen molar-refractivity contribution in [1.29, 1.82) is 5.26 Å². The number of nitriles is 1. The Bertz CT molecular complexity index is 831. The molecule has 26 heavy (non-hydrogen) atoms. The zero-order valence-electron chi connectivity index (χ0n) is 14.2. The van der Waals surface area contributed by atoms with Crippen LogP contribution in [0.2, 0.25) is 0 Å². The fraction of sp³-hybridized carbons (Fsp3) is 0.278. The lowest BCUT2D eigenvalue weighted by molar-refractivity contribution is 0.0698. The normalized spacial score (nSPS) is 10.2. The number of thioether (sulfide) groups is 1. The maximum absolute atomic E-state index is 12.3. The number of carbonyl (C=O) groups is 2. The largest absolute Gasteiger partial charge is 0.478 e. The van der Waals surface area contributed by atoms with E-state index in [1.54, 1.807) is 11.8 Å². The molecule has 2 N–H and O–H groups in total. The van der Waals surface area contributed by atoms with Gasteiger partial charge in [0.1, 0.15) is 10.7 Å². The first-order chi connectivity index (χ1) is 12.5. The van der Waals surface area contributed by atoms with Gasteiger partial charge in [0.2, 0.25) is 0 Å². The fourth-order valence-corrected chi connectivity index (χ4v) is 2.93. The van der Waals surface area contributed by atoms with Crippen molar-refractivity contribution in [3.63, 3.8) is 0 Å². The Morgan fingerprint density at radius 2 is 2.08 bits per heavy atom. The Labute approximate surface area is 155 Å². The summed E-state index contributed by atoms with van der Waals surface area (Å²) in [7, 11) is 0. The van der Waals surface area contributed by atoms with Crippen LogP contribution in [0.3, 0.4) is 0 Å². The van der Waals surface area contributed by atoms with E-state index >= 15 is 0 Å². The number of aromatic carboxylic acids is 1. The van der Waals surface area contributed by atoms with Gasteiger partial charge < -0.3 is 10.4 Å². The van der Waals surface area contributed by atoms with Crippen LogP contribution in [0.25, 0.3) is 0 Å². The van der Waals surface area contributed by atoms with Crippen molar-refractivity contribution < 1.29 is 14.7 Å². The third kappa shape index (κ3) is 5.29. The first kappa shape index (κ1) is 19.4. The highest BCUT2D eigenvalue weighted by Gasteiger charge is 2.15. The van der Waals surface area contributed by atoms with Gasteiger partial charge in [0.25, 0.3) is 5.91 Å². The summed E-state index contributed by atoms with van der Waals surface area (Å²) in [5.74, 6) is -0.851. The van der Waals surface area contributed by atoms with Crippen LogP contribution in [0.5, 0.6) is 0 Å². The minimum absolute atomic E-state index is 0.0867. The molecule has 0 fully saturated rings. The van der Waals surface area contributed by atoms with Crippen LogP contribution >= 0.6 is 11.8 Å².